The molecule has 29 heavy (non-hydrogen) atoms. The van der Waals surface area contributed by atoms with Gasteiger partial charge in [0.1, 0.15) is 5.00 Å². The summed E-state index contributed by atoms with van der Waals surface area (Å²) in [6.45, 7) is 7.38. The maximum absolute atomic E-state index is 12.8. The van der Waals surface area contributed by atoms with Gasteiger partial charge in [0, 0.05) is 28.6 Å². The molecular weight excluding hydrogens is 424 g/mol. The van der Waals surface area contributed by atoms with Crippen molar-refractivity contribution in [2.45, 2.75) is 19.9 Å². The molecule has 1 fully saturated rings. The van der Waals surface area contributed by atoms with Gasteiger partial charge in [0.25, 0.3) is 5.91 Å². The molecule has 1 N–H and O–H groups in total. The number of carbonyl (C=O) groups excluding carboxylic acids is 1. The maximum Gasteiger partial charge on any atom is 0.266 e. The smallest absolute Gasteiger partial charge is 0.266 e. The zero-order valence-corrected chi connectivity index (χ0v) is 18.8. The molecule has 1 unspecified atom stereocenters. The van der Waals surface area contributed by atoms with Crippen LogP contribution in [0.25, 0.3) is 0 Å². The number of halogens is 1. The molecule has 1 atom stereocenters. The molecule has 3 heterocycles. The van der Waals surface area contributed by atoms with Gasteiger partial charge in [-0.2, -0.15) is 0 Å². The van der Waals surface area contributed by atoms with Crippen molar-refractivity contribution in [3.05, 3.63) is 73.2 Å². The Kier molecular flexibility index (Phi) is 6.37. The van der Waals surface area contributed by atoms with Gasteiger partial charge in [-0.3, -0.25) is 9.69 Å². The number of hydrogen-bond acceptors (Lipinski definition) is 5. The van der Waals surface area contributed by atoms with Crippen molar-refractivity contribution in [2.75, 3.05) is 31.6 Å². The minimum atomic E-state index is -0.0562. The molecule has 1 aromatic carbocycles. The highest BCUT2D eigenvalue weighted by Gasteiger charge is 2.30. The number of hydrogen-bond donors (Lipinski definition) is 1. The summed E-state index contributed by atoms with van der Waals surface area (Å²) in [7, 11) is 0. The zero-order valence-electron chi connectivity index (χ0n) is 16.4. The number of ether oxygens (including phenoxy) is 1. The predicted octanol–water partition coefficient (Wildman–Crippen LogP) is 5.75. The minimum absolute atomic E-state index is 0.0414. The zero-order chi connectivity index (χ0) is 20.4. The van der Waals surface area contributed by atoms with E-state index in [0.717, 1.165) is 23.1 Å². The first-order valence-electron chi connectivity index (χ1n) is 9.56. The lowest BCUT2D eigenvalue weighted by atomic mass is 9.94. The van der Waals surface area contributed by atoms with Crippen LogP contribution in [0.3, 0.4) is 0 Å². The van der Waals surface area contributed by atoms with Gasteiger partial charge in [0.15, 0.2) is 0 Å². The van der Waals surface area contributed by atoms with E-state index in [1.165, 1.54) is 32.9 Å². The van der Waals surface area contributed by atoms with E-state index in [4.69, 9.17) is 16.3 Å². The number of aryl methyl sites for hydroxylation is 1. The van der Waals surface area contributed by atoms with E-state index in [1.54, 1.807) is 11.3 Å². The van der Waals surface area contributed by atoms with Crippen LogP contribution in [0.1, 0.15) is 37.3 Å². The van der Waals surface area contributed by atoms with Crippen LogP contribution in [0.5, 0.6) is 0 Å². The van der Waals surface area contributed by atoms with E-state index >= 15 is 0 Å². The monoisotopic (exact) mass is 446 g/mol. The molecule has 1 amide bonds. The van der Waals surface area contributed by atoms with Crippen LogP contribution in [-0.4, -0.2) is 37.1 Å². The molecule has 0 saturated carbocycles. The number of morpholine rings is 1. The molecular formula is C22H23ClN2O2S2. The molecule has 0 radical (unpaired) electrons. The third-order valence-electron chi connectivity index (χ3n) is 5.27. The summed E-state index contributed by atoms with van der Waals surface area (Å²) >= 11 is 9.25. The quantitative estimate of drug-likeness (QED) is 0.542. The first-order chi connectivity index (χ1) is 14.0. The SMILES string of the molecule is Cc1sc(NC(=O)c2cccs2)c(C(c2ccc(Cl)cc2)N2CCOCC2)c1C. The molecule has 3 aromatic rings. The van der Waals surface area contributed by atoms with Gasteiger partial charge in [-0.25, -0.2) is 0 Å². The van der Waals surface area contributed by atoms with Crippen molar-refractivity contribution in [1.82, 2.24) is 4.90 Å². The van der Waals surface area contributed by atoms with Gasteiger partial charge >= 0.3 is 0 Å². The average Bonchev–Trinajstić information content (AvgIpc) is 3.35. The van der Waals surface area contributed by atoms with E-state index in [0.29, 0.717) is 18.1 Å². The third kappa shape index (κ3) is 4.42. The standard InChI is InChI=1S/C22H23ClN2O2S2/c1-14-15(2)29-22(24-21(26)18-4-3-13-28-18)19(14)20(25-9-11-27-12-10-25)16-5-7-17(23)8-6-16/h3-8,13,20H,9-12H2,1-2H3,(H,24,26). The largest absolute Gasteiger partial charge is 0.379 e. The summed E-state index contributed by atoms with van der Waals surface area (Å²) in [5, 5.41) is 6.75. The lowest BCUT2D eigenvalue weighted by molar-refractivity contribution is 0.0240. The van der Waals surface area contributed by atoms with Gasteiger partial charge in [-0.15, -0.1) is 22.7 Å². The van der Waals surface area contributed by atoms with Crippen molar-refractivity contribution in [2.24, 2.45) is 0 Å². The Morgan fingerprint density at radius 1 is 1.17 bits per heavy atom. The molecule has 7 heteroatoms. The second-order valence-corrected chi connectivity index (χ2v) is 9.67. The highest BCUT2D eigenvalue weighted by Crippen LogP contribution is 2.42. The number of benzene rings is 1. The maximum atomic E-state index is 12.8. The Bertz CT molecular complexity index is 977. The summed E-state index contributed by atoms with van der Waals surface area (Å²) in [5.74, 6) is -0.0562. The van der Waals surface area contributed by atoms with Crippen molar-refractivity contribution >= 4 is 45.2 Å². The van der Waals surface area contributed by atoms with Crippen molar-refractivity contribution in [3.8, 4) is 0 Å². The molecule has 1 aliphatic heterocycles. The second-order valence-electron chi connectivity index (χ2n) is 7.06. The van der Waals surface area contributed by atoms with Crippen LogP contribution in [-0.2, 0) is 4.74 Å². The van der Waals surface area contributed by atoms with E-state index in [2.05, 4.69) is 36.2 Å². The van der Waals surface area contributed by atoms with Crippen molar-refractivity contribution in [3.63, 3.8) is 0 Å². The Morgan fingerprint density at radius 2 is 1.90 bits per heavy atom. The number of nitrogens with one attached hydrogen (secondary N) is 1. The summed E-state index contributed by atoms with van der Waals surface area (Å²) in [6.07, 6.45) is 0. The van der Waals surface area contributed by atoms with Crippen LogP contribution in [0.15, 0.2) is 41.8 Å². The Balaban J connectivity index is 1.77. The molecule has 1 aliphatic rings. The van der Waals surface area contributed by atoms with Crippen LogP contribution in [0.2, 0.25) is 5.02 Å². The van der Waals surface area contributed by atoms with Crippen LogP contribution >= 0.6 is 34.3 Å². The van der Waals surface area contributed by atoms with Gasteiger partial charge in [-0.1, -0.05) is 29.8 Å². The topological polar surface area (TPSA) is 41.6 Å². The fraction of sp³-hybridized carbons (Fsp3) is 0.318. The summed E-state index contributed by atoms with van der Waals surface area (Å²) < 4.78 is 5.59. The number of carbonyl (C=O) groups is 1. The van der Waals surface area contributed by atoms with Crippen LogP contribution in [0.4, 0.5) is 5.00 Å². The normalized spacial score (nSPS) is 16.0. The van der Waals surface area contributed by atoms with Crippen LogP contribution in [0, 0.1) is 13.8 Å². The molecule has 1 saturated heterocycles. The van der Waals surface area contributed by atoms with E-state index < -0.39 is 0 Å². The molecule has 4 rings (SSSR count). The number of nitrogens with zero attached hydrogens (tertiary/aromatic N) is 1. The number of amides is 1. The Morgan fingerprint density at radius 3 is 2.55 bits per heavy atom. The van der Waals surface area contributed by atoms with Gasteiger partial charge in [-0.05, 0) is 48.6 Å². The fourth-order valence-electron chi connectivity index (χ4n) is 3.68. The Labute approximate surface area is 184 Å². The first kappa shape index (κ1) is 20.6. The molecule has 2 aromatic heterocycles. The lowest BCUT2D eigenvalue weighted by Crippen LogP contribution is -2.39. The highest BCUT2D eigenvalue weighted by molar-refractivity contribution is 7.17. The number of thiophene rings is 2. The van der Waals surface area contributed by atoms with Crippen LogP contribution < -0.4 is 5.32 Å². The summed E-state index contributed by atoms with van der Waals surface area (Å²) in [4.78, 5) is 17.1. The molecule has 0 bridgehead atoms. The number of rotatable bonds is 5. The van der Waals surface area contributed by atoms with Crippen molar-refractivity contribution in [1.29, 1.82) is 0 Å². The molecule has 4 nitrogen and oxygen atoms in total. The highest BCUT2D eigenvalue weighted by atomic mass is 35.5. The summed E-state index contributed by atoms with van der Waals surface area (Å²) in [6, 6.07) is 11.8. The predicted molar refractivity (Wildman–Crippen MR) is 122 cm³/mol. The Hall–Kier alpha value is -1.70. The lowest BCUT2D eigenvalue weighted by Gasteiger charge is -2.35. The van der Waals surface area contributed by atoms with Gasteiger partial charge in [0.2, 0.25) is 0 Å². The van der Waals surface area contributed by atoms with Gasteiger partial charge < -0.3 is 10.1 Å². The molecule has 0 aliphatic carbocycles. The fourth-order valence-corrected chi connectivity index (χ4v) is 5.51. The number of anilines is 1. The van der Waals surface area contributed by atoms with E-state index in [-0.39, 0.29) is 11.9 Å². The molecule has 0 spiro atoms. The minimum Gasteiger partial charge on any atom is -0.379 e. The first-order valence-corrected chi connectivity index (χ1v) is 11.6. The van der Waals surface area contributed by atoms with Crippen molar-refractivity contribution < 1.29 is 9.53 Å². The van der Waals surface area contributed by atoms with Gasteiger partial charge in [0.05, 0.1) is 24.1 Å². The molecule has 152 valence electrons. The third-order valence-corrected chi connectivity index (χ3v) is 7.53. The second kappa shape index (κ2) is 8.98. The average molecular weight is 447 g/mol. The van der Waals surface area contributed by atoms with E-state index in [9.17, 15) is 4.79 Å². The van der Waals surface area contributed by atoms with E-state index in [1.807, 2.05) is 29.6 Å². The summed E-state index contributed by atoms with van der Waals surface area (Å²) in [5.41, 5.74) is 3.56.